The fourth-order valence-electron chi connectivity index (χ4n) is 2.78. The maximum Gasteiger partial charge on any atom is 0.326 e. The first-order valence-electron chi connectivity index (χ1n) is 10.6. The molecule has 0 aliphatic rings. The number of rotatable bonds is 16. The summed E-state index contributed by atoms with van der Waals surface area (Å²) >= 11 is 0. The molecule has 0 aliphatic heterocycles. The van der Waals surface area contributed by atoms with E-state index in [1.165, 1.54) is 0 Å². The summed E-state index contributed by atoms with van der Waals surface area (Å²) in [6, 6.07) is -5.17. The second-order valence-corrected chi connectivity index (χ2v) is 8.06. The fraction of sp³-hybridized carbons (Fsp3) is 0.684. The van der Waals surface area contributed by atoms with Crippen LogP contribution in [0.2, 0.25) is 0 Å². The van der Waals surface area contributed by atoms with E-state index < -0.39 is 66.8 Å². The smallest absolute Gasteiger partial charge is 0.326 e. The average molecular weight is 489 g/mol. The van der Waals surface area contributed by atoms with Gasteiger partial charge in [0.25, 0.3) is 0 Å². The predicted molar refractivity (Wildman–Crippen MR) is 122 cm³/mol. The van der Waals surface area contributed by atoms with Gasteiger partial charge >= 0.3 is 5.97 Å². The molecule has 13 N–H and O–H groups in total. The van der Waals surface area contributed by atoms with Gasteiger partial charge in [-0.25, -0.2) is 4.79 Å². The summed E-state index contributed by atoms with van der Waals surface area (Å²) in [7, 11) is 0. The van der Waals surface area contributed by atoms with Crippen molar-refractivity contribution < 1.29 is 34.2 Å². The molecule has 194 valence electrons. The Bertz CT molecular complexity index is 755. The van der Waals surface area contributed by atoms with E-state index in [2.05, 4.69) is 20.9 Å². The molecule has 0 aliphatic carbocycles. The van der Waals surface area contributed by atoms with Crippen LogP contribution in [-0.2, 0) is 24.0 Å². The number of primary amides is 1. The van der Waals surface area contributed by atoms with Crippen LogP contribution in [0.3, 0.4) is 0 Å². The largest absolute Gasteiger partial charge is 0.480 e. The third kappa shape index (κ3) is 12.5. The van der Waals surface area contributed by atoms with Gasteiger partial charge in [0.1, 0.15) is 24.2 Å². The Labute approximate surface area is 197 Å². The number of nitrogens with one attached hydrogen (secondary N) is 3. The summed E-state index contributed by atoms with van der Waals surface area (Å²) < 4.78 is 0. The number of aliphatic hydroxyl groups excluding tert-OH is 1. The highest BCUT2D eigenvalue weighted by atomic mass is 16.4. The standard InChI is InChI=1S/C19H36N8O7/c1-9(2)6-12(26-15(30)10(20)8-28)17(32)25-11(4-3-5-24-19(22)23)16(31)27-13(18(33)34)7-14(21)29/h9-13,28H,3-8,20H2,1-2H3,(H2,21,29)(H,25,32)(H,26,30)(H,27,31)(H,33,34)(H4,22,23,24). The van der Waals surface area contributed by atoms with Gasteiger partial charge in [-0.2, -0.15) is 0 Å². The molecule has 0 radical (unpaired) electrons. The Morgan fingerprint density at radius 3 is 1.88 bits per heavy atom. The van der Waals surface area contributed by atoms with E-state index in [1.54, 1.807) is 13.8 Å². The zero-order valence-corrected chi connectivity index (χ0v) is 19.3. The number of aliphatic imine (C=N–C) groups is 1. The Balaban J connectivity index is 5.61. The quantitative estimate of drug-likeness (QED) is 0.0573. The van der Waals surface area contributed by atoms with Gasteiger partial charge < -0.3 is 49.1 Å². The average Bonchev–Trinajstić information content (AvgIpc) is 2.72. The number of aliphatic carboxylic acids is 1. The van der Waals surface area contributed by atoms with Crippen LogP contribution in [0, 0.1) is 5.92 Å². The van der Waals surface area contributed by atoms with Crippen molar-refractivity contribution in [3.05, 3.63) is 0 Å². The SMILES string of the molecule is CC(C)CC(NC(=O)C(N)CO)C(=O)NC(CCCN=C(N)N)C(=O)NC(CC(N)=O)C(=O)O. The van der Waals surface area contributed by atoms with Crippen molar-refractivity contribution in [1.29, 1.82) is 0 Å². The van der Waals surface area contributed by atoms with Crippen LogP contribution in [0.5, 0.6) is 0 Å². The van der Waals surface area contributed by atoms with Crippen molar-refractivity contribution in [2.75, 3.05) is 13.2 Å². The molecule has 15 heteroatoms. The maximum atomic E-state index is 12.9. The van der Waals surface area contributed by atoms with Crippen LogP contribution in [0.4, 0.5) is 0 Å². The molecular weight excluding hydrogens is 452 g/mol. The molecule has 0 spiro atoms. The molecule has 0 saturated carbocycles. The van der Waals surface area contributed by atoms with Gasteiger partial charge in [-0.3, -0.25) is 24.2 Å². The van der Waals surface area contributed by atoms with E-state index in [-0.39, 0.29) is 37.7 Å². The Morgan fingerprint density at radius 2 is 1.41 bits per heavy atom. The van der Waals surface area contributed by atoms with E-state index in [9.17, 15) is 29.1 Å². The van der Waals surface area contributed by atoms with E-state index in [1.807, 2.05) is 0 Å². The molecule has 4 amide bonds. The van der Waals surface area contributed by atoms with Gasteiger partial charge in [-0.1, -0.05) is 13.8 Å². The third-order valence-electron chi connectivity index (χ3n) is 4.47. The van der Waals surface area contributed by atoms with E-state index in [0.717, 1.165) is 0 Å². The highest BCUT2D eigenvalue weighted by Crippen LogP contribution is 2.08. The van der Waals surface area contributed by atoms with Crippen molar-refractivity contribution in [2.24, 2.45) is 33.8 Å². The highest BCUT2D eigenvalue weighted by Gasteiger charge is 2.31. The molecule has 0 bridgehead atoms. The minimum Gasteiger partial charge on any atom is -0.480 e. The molecule has 0 aromatic rings. The van der Waals surface area contributed by atoms with Gasteiger partial charge in [-0.15, -0.1) is 0 Å². The van der Waals surface area contributed by atoms with Crippen LogP contribution in [-0.4, -0.2) is 83.1 Å². The number of nitrogens with zero attached hydrogens (tertiary/aromatic N) is 1. The number of carboxylic acid groups (broad SMARTS) is 1. The number of carbonyl (C=O) groups excluding carboxylic acids is 4. The third-order valence-corrected chi connectivity index (χ3v) is 4.47. The summed E-state index contributed by atoms with van der Waals surface area (Å²) in [5.41, 5.74) is 21.0. The molecule has 0 rings (SSSR count). The molecule has 0 aromatic carbocycles. The lowest BCUT2D eigenvalue weighted by Crippen LogP contribution is -2.57. The summed E-state index contributed by atoms with van der Waals surface area (Å²) in [4.78, 5) is 64.0. The molecule has 4 atom stereocenters. The first kappa shape index (κ1) is 30.5. The van der Waals surface area contributed by atoms with E-state index in [4.69, 9.17) is 28.0 Å². The van der Waals surface area contributed by atoms with Crippen molar-refractivity contribution in [1.82, 2.24) is 16.0 Å². The van der Waals surface area contributed by atoms with Gasteiger partial charge in [-0.05, 0) is 25.2 Å². The van der Waals surface area contributed by atoms with Crippen molar-refractivity contribution in [3.8, 4) is 0 Å². The predicted octanol–water partition coefficient (Wildman–Crippen LogP) is -4.18. The lowest BCUT2D eigenvalue weighted by atomic mass is 10.0. The van der Waals surface area contributed by atoms with Crippen molar-refractivity contribution in [2.45, 2.75) is 63.7 Å². The maximum absolute atomic E-state index is 12.9. The van der Waals surface area contributed by atoms with Gasteiger partial charge in [0.15, 0.2) is 5.96 Å². The van der Waals surface area contributed by atoms with E-state index >= 15 is 0 Å². The number of nitrogens with two attached hydrogens (primary N) is 4. The van der Waals surface area contributed by atoms with Crippen LogP contribution < -0.4 is 38.9 Å². The summed E-state index contributed by atoms with van der Waals surface area (Å²) in [5, 5.41) is 25.4. The molecule has 0 fully saturated rings. The lowest BCUT2D eigenvalue weighted by Gasteiger charge is -2.25. The second kappa shape index (κ2) is 15.4. The molecule has 34 heavy (non-hydrogen) atoms. The summed E-state index contributed by atoms with van der Waals surface area (Å²) in [5.74, 6) is -5.00. The second-order valence-electron chi connectivity index (χ2n) is 8.06. The number of carboxylic acids is 1. The first-order chi connectivity index (χ1) is 15.8. The Kier molecular flexibility index (Phi) is 13.8. The van der Waals surface area contributed by atoms with Gasteiger partial charge in [0, 0.05) is 6.54 Å². The van der Waals surface area contributed by atoms with Crippen LogP contribution >= 0.6 is 0 Å². The number of aliphatic hydroxyl groups is 1. The van der Waals surface area contributed by atoms with Gasteiger partial charge in [0.2, 0.25) is 23.6 Å². The Hall–Kier alpha value is -3.46. The number of hydrogen-bond acceptors (Lipinski definition) is 8. The van der Waals surface area contributed by atoms with Crippen molar-refractivity contribution in [3.63, 3.8) is 0 Å². The molecule has 15 nitrogen and oxygen atoms in total. The monoisotopic (exact) mass is 488 g/mol. The summed E-state index contributed by atoms with van der Waals surface area (Å²) in [6.45, 7) is 3.11. The van der Waals surface area contributed by atoms with Gasteiger partial charge in [0.05, 0.1) is 13.0 Å². The zero-order valence-electron chi connectivity index (χ0n) is 19.3. The number of hydrogen-bond donors (Lipinski definition) is 9. The number of guanidine groups is 1. The van der Waals surface area contributed by atoms with Crippen molar-refractivity contribution >= 4 is 35.6 Å². The lowest BCUT2D eigenvalue weighted by molar-refractivity contribution is -0.143. The molecular formula is C19H36N8O7. The summed E-state index contributed by atoms with van der Waals surface area (Å²) in [6.07, 6.45) is -0.214. The number of amides is 4. The minimum absolute atomic E-state index is 0.00969. The molecule has 0 saturated heterocycles. The highest BCUT2D eigenvalue weighted by molar-refractivity contribution is 5.94. The topological polar surface area (TPSA) is 278 Å². The molecule has 0 aromatic heterocycles. The molecule has 4 unspecified atom stereocenters. The van der Waals surface area contributed by atoms with E-state index in [0.29, 0.717) is 0 Å². The normalized spacial score (nSPS) is 14.3. The minimum atomic E-state index is -1.60. The Morgan fingerprint density at radius 1 is 0.882 bits per heavy atom. The number of carbonyl (C=O) groups is 5. The van der Waals surface area contributed by atoms with Crippen LogP contribution in [0.25, 0.3) is 0 Å². The fourth-order valence-corrected chi connectivity index (χ4v) is 2.78. The first-order valence-corrected chi connectivity index (χ1v) is 10.6. The zero-order chi connectivity index (χ0) is 26.4. The van der Waals surface area contributed by atoms with Crippen LogP contribution in [0.15, 0.2) is 4.99 Å². The van der Waals surface area contributed by atoms with Crippen LogP contribution in [0.1, 0.15) is 39.5 Å². The molecule has 0 heterocycles.